The van der Waals surface area contributed by atoms with E-state index in [9.17, 15) is 9.59 Å². The first-order chi connectivity index (χ1) is 10.0. The molecule has 0 aromatic heterocycles. The smallest absolute Gasteiger partial charge is 0.139 e. The van der Waals surface area contributed by atoms with E-state index in [0.29, 0.717) is 23.4 Å². The summed E-state index contributed by atoms with van der Waals surface area (Å²) < 4.78 is 0. The predicted octanol–water partition coefficient (Wildman–Crippen LogP) is 4.02. The predicted molar refractivity (Wildman–Crippen MR) is 81.7 cm³/mol. The number of Topliss-reactive ketones (excluding diaryl/α,β-unsaturated/α-hetero) is 2. The lowest BCUT2D eigenvalue weighted by Crippen LogP contribution is -2.49. The van der Waals surface area contributed by atoms with Gasteiger partial charge in [0.2, 0.25) is 0 Å². The van der Waals surface area contributed by atoms with Crippen LogP contribution in [0.25, 0.3) is 0 Å². The second-order valence-electron chi connectivity index (χ2n) is 8.66. The van der Waals surface area contributed by atoms with E-state index in [0.717, 1.165) is 49.9 Å². The van der Waals surface area contributed by atoms with E-state index in [-0.39, 0.29) is 11.3 Å². The molecule has 0 bridgehead atoms. The molecular weight excluding hydrogens is 260 g/mol. The van der Waals surface area contributed by atoms with Crippen molar-refractivity contribution in [3.8, 4) is 0 Å². The van der Waals surface area contributed by atoms with Crippen LogP contribution in [0.4, 0.5) is 0 Å². The Labute approximate surface area is 128 Å². The average molecular weight is 288 g/mol. The third-order valence-electron chi connectivity index (χ3n) is 7.87. The lowest BCUT2D eigenvalue weighted by molar-refractivity contribution is -0.136. The largest absolute Gasteiger partial charge is 0.299 e. The molecule has 0 heterocycles. The van der Waals surface area contributed by atoms with Crippen LogP contribution in [0.15, 0.2) is 0 Å². The number of carbonyl (C=O) groups excluding carboxylic acids is 2. The van der Waals surface area contributed by atoms with Crippen molar-refractivity contribution >= 4 is 11.6 Å². The minimum Gasteiger partial charge on any atom is -0.299 e. The van der Waals surface area contributed by atoms with Gasteiger partial charge in [0.25, 0.3) is 0 Å². The Morgan fingerprint density at radius 1 is 1.00 bits per heavy atom. The van der Waals surface area contributed by atoms with Gasteiger partial charge >= 0.3 is 0 Å². The molecule has 4 aliphatic carbocycles. The summed E-state index contributed by atoms with van der Waals surface area (Å²) in [5.74, 6) is 5.00. The Morgan fingerprint density at radius 2 is 1.81 bits per heavy atom. The first-order valence-electron chi connectivity index (χ1n) is 9.06. The Hall–Kier alpha value is -0.660. The maximum Gasteiger partial charge on any atom is 0.139 e. The molecule has 21 heavy (non-hydrogen) atoms. The van der Waals surface area contributed by atoms with Crippen LogP contribution in [0.1, 0.15) is 65.2 Å². The van der Waals surface area contributed by atoms with Gasteiger partial charge in [-0.2, -0.15) is 0 Å². The summed E-state index contributed by atoms with van der Waals surface area (Å²) in [6.07, 6.45) is 8.81. The second kappa shape index (κ2) is 4.67. The van der Waals surface area contributed by atoms with Gasteiger partial charge < -0.3 is 0 Å². The summed E-state index contributed by atoms with van der Waals surface area (Å²) in [4.78, 5) is 24.4. The molecule has 2 nitrogen and oxygen atoms in total. The Kier molecular flexibility index (Phi) is 3.10. The third kappa shape index (κ3) is 1.90. The maximum absolute atomic E-state index is 12.3. The molecule has 4 fully saturated rings. The van der Waals surface area contributed by atoms with Crippen molar-refractivity contribution in [2.24, 2.45) is 40.9 Å². The molecule has 116 valence electrons. The first kappa shape index (κ1) is 14.0. The van der Waals surface area contributed by atoms with Crippen LogP contribution in [0.5, 0.6) is 0 Å². The molecule has 7 atom stereocenters. The average Bonchev–Trinajstić information content (AvgIpc) is 2.76. The monoisotopic (exact) mass is 288 g/mol. The van der Waals surface area contributed by atoms with Gasteiger partial charge in [-0.15, -0.1) is 0 Å². The summed E-state index contributed by atoms with van der Waals surface area (Å²) in [6, 6.07) is 0. The van der Waals surface area contributed by atoms with E-state index in [1.165, 1.54) is 19.3 Å². The van der Waals surface area contributed by atoms with Crippen LogP contribution in [0.2, 0.25) is 0 Å². The molecule has 0 aromatic carbocycles. The first-order valence-corrected chi connectivity index (χ1v) is 9.06. The van der Waals surface area contributed by atoms with Gasteiger partial charge in [0.05, 0.1) is 0 Å². The molecule has 4 aliphatic rings. The lowest BCUT2D eigenvalue weighted by atomic mass is 9.50. The quantitative estimate of drug-likeness (QED) is 0.674. The zero-order chi connectivity index (χ0) is 14.8. The number of ketones is 2. The molecule has 0 unspecified atom stereocenters. The van der Waals surface area contributed by atoms with Gasteiger partial charge in [-0.05, 0) is 68.1 Å². The second-order valence-corrected chi connectivity index (χ2v) is 8.66. The fourth-order valence-corrected chi connectivity index (χ4v) is 6.62. The van der Waals surface area contributed by atoms with Gasteiger partial charge in [0.1, 0.15) is 11.6 Å². The van der Waals surface area contributed by atoms with E-state index in [1.54, 1.807) is 0 Å². The van der Waals surface area contributed by atoms with Crippen molar-refractivity contribution in [2.45, 2.75) is 65.2 Å². The highest BCUT2D eigenvalue weighted by Crippen LogP contribution is 2.61. The molecule has 0 aliphatic heterocycles. The van der Waals surface area contributed by atoms with Crippen LogP contribution in [0.3, 0.4) is 0 Å². The van der Waals surface area contributed by atoms with Crippen LogP contribution in [-0.2, 0) is 9.59 Å². The normalized spacial score (nSPS) is 53.0. The molecule has 4 saturated carbocycles. The molecule has 2 heteroatoms. The molecule has 0 saturated heterocycles. The topological polar surface area (TPSA) is 34.1 Å². The number of fused-ring (bicyclic) bond motifs is 5. The summed E-state index contributed by atoms with van der Waals surface area (Å²) >= 11 is 0. The molecule has 0 aromatic rings. The fraction of sp³-hybridized carbons (Fsp3) is 0.895. The van der Waals surface area contributed by atoms with Gasteiger partial charge in [-0.1, -0.05) is 13.8 Å². The molecule has 0 radical (unpaired) electrons. The number of hydrogen-bond donors (Lipinski definition) is 0. The van der Waals surface area contributed by atoms with Crippen molar-refractivity contribution in [3.05, 3.63) is 0 Å². The maximum atomic E-state index is 12.3. The van der Waals surface area contributed by atoms with Crippen LogP contribution in [-0.4, -0.2) is 11.6 Å². The SMILES string of the molecule is C[C@H]1C[C@H]2[C@@H](CC[C@@H]3[C@@H]2CC[C@]2(C)C(=O)CC[C@@H]32)CC1=O. The van der Waals surface area contributed by atoms with Gasteiger partial charge in [0, 0.05) is 24.2 Å². The zero-order valence-corrected chi connectivity index (χ0v) is 13.4. The number of hydrogen-bond acceptors (Lipinski definition) is 2. The minimum absolute atomic E-state index is 0.00407. The Bertz CT molecular complexity index is 482. The van der Waals surface area contributed by atoms with Gasteiger partial charge in [0.15, 0.2) is 0 Å². The molecular formula is C19H28O2. The standard InChI is InChI=1S/C19H28O2/c1-11-9-15-12(10-17(11)20)3-4-14-13(15)7-8-19(2)16(14)5-6-18(19)21/h11-16H,3-10H2,1-2H3/t11-,12-,13-,14+,15-,16-,19-/m0/s1. The molecule has 0 N–H and O–H groups in total. The fourth-order valence-electron chi connectivity index (χ4n) is 6.62. The van der Waals surface area contributed by atoms with E-state index in [2.05, 4.69) is 13.8 Å². The summed E-state index contributed by atoms with van der Waals surface area (Å²) in [6.45, 7) is 4.39. The zero-order valence-electron chi connectivity index (χ0n) is 13.4. The third-order valence-corrected chi connectivity index (χ3v) is 7.87. The van der Waals surface area contributed by atoms with Crippen LogP contribution < -0.4 is 0 Å². The molecule has 0 amide bonds. The van der Waals surface area contributed by atoms with E-state index >= 15 is 0 Å². The lowest BCUT2D eigenvalue weighted by Gasteiger charge is -2.54. The minimum atomic E-state index is 0.00407. The Balaban J connectivity index is 1.60. The highest BCUT2D eigenvalue weighted by Gasteiger charge is 2.57. The van der Waals surface area contributed by atoms with E-state index in [4.69, 9.17) is 0 Å². The van der Waals surface area contributed by atoms with E-state index < -0.39 is 0 Å². The van der Waals surface area contributed by atoms with Crippen molar-refractivity contribution in [1.82, 2.24) is 0 Å². The summed E-state index contributed by atoms with van der Waals surface area (Å²) in [7, 11) is 0. The highest BCUT2D eigenvalue weighted by atomic mass is 16.1. The van der Waals surface area contributed by atoms with Crippen molar-refractivity contribution in [3.63, 3.8) is 0 Å². The summed E-state index contributed by atoms with van der Waals surface area (Å²) in [5, 5.41) is 0. The number of carbonyl (C=O) groups is 2. The van der Waals surface area contributed by atoms with Crippen molar-refractivity contribution in [2.75, 3.05) is 0 Å². The van der Waals surface area contributed by atoms with Crippen molar-refractivity contribution in [1.29, 1.82) is 0 Å². The number of rotatable bonds is 0. The van der Waals surface area contributed by atoms with E-state index in [1.807, 2.05) is 0 Å². The highest BCUT2D eigenvalue weighted by molar-refractivity contribution is 5.87. The Morgan fingerprint density at radius 3 is 2.62 bits per heavy atom. The molecule has 4 rings (SSSR count). The van der Waals surface area contributed by atoms with Crippen LogP contribution in [0, 0.1) is 40.9 Å². The molecule has 0 spiro atoms. The van der Waals surface area contributed by atoms with Crippen molar-refractivity contribution < 1.29 is 9.59 Å². The van der Waals surface area contributed by atoms with Gasteiger partial charge in [-0.25, -0.2) is 0 Å². The van der Waals surface area contributed by atoms with Crippen LogP contribution >= 0.6 is 0 Å². The van der Waals surface area contributed by atoms with Gasteiger partial charge in [-0.3, -0.25) is 9.59 Å². The summed E-state index contributed by atoms with van der Waals surface area (Å²) in [5.41, 5.74) is 0.00407.